The number of aliphatic hydroxyl groups excluding tert-OH is 1. The number of hydrogen-bond donors (Lipinski definition) is 2. The average molecular weight is 261 g/mol. The molecule has 3 N–H and O–H groups in total. The van der Waals surface area contributed by atoms with Gasteiger partial charge in [-0.1, -0.05) is 0 Å². The molecule has 100 valence electrons. The molecule has 2 heterocycles. The summed E-state index contributed by atoms with van der Waals surface area (Å²) in [4.78, 5) is 11.4. The van der Waals surface area contributed by atoms with Crippen LogP contribution in [0.4, 0.5) is 0 Å². The summed E-state index contributed by atoms with van der Waals surface area (Å²) in [5.41, 5.74) is 5.78. The molecular weight excluding hydrogens is 246 g/mol. The van der Waals surface area contributed by atoms with Crippen LogP contribution in [0.25, 0.3) is 11.0 Å². The molecular formula is C14H15NO4. The topological polar surface area (TPSA) is 85.7 Å². The lowest BCUT2D eigenvalue weighted by Gasteiger charge is -2.40. The number of aliphatic hydroxyl groups is 1. The number of ether oxygens (including phenoxy) is 1. The fourth-order valence-corrected chi connectivity index (χ4v) is 2.47. The third-order valence-corrected chi connectivity index (χ3v) is 3.55. The van der Waals surface area contributed by atoms with Crippen LogP contribution in [0.5, 0.6) is 5.75 Å². The molecule has 2 atom stereocenters. The third kappa shape index (κ3) is 1.74. The first-order chi connectivity index (χ1) is 8.90. The van der Waals surface area contributed by atoms with E-state index in [9.17, 15) is 9.90 Å². The molecule has 0 saturated carbocycles. The third-order valence-electron chi connectivity index (χ3n) is 3.55. The van der Waals surface area contributed by atoms with Crippen LogP contribution in [0.3, 0.4) is 0 Å². The van der Waals surface area contributed by atoms with Crippen molar-refractivity contribution in [1.29, 1.82) is 0 Å². The minimum absolute atomic E-state index is 0.382. The van der Waals surface area contributed by atoms with Crippen molar-refractivity contribution in [2.75, 3.05) is 0 Å². The van der Waals surface area contributed by atoms with E-state index >= 15 is 0 Å². The molecule has 0 bridgehead atoms. The summed E-state index contributed by atoms with van der Waals surface area (Å²) >= 11 is 0. The summed E-state index contributed by atoms with van der Waals surface area (Å²) in [6, 6.07) is 5.95. The Balaban J connectivity index is 2.33. The SMILES string of the molecule is CC1(C)Oc2ccc3ccc(=O)oc3c2[C@H](N)[C@H]1O. The second-order valence-electron chi connectivity index (χ2n) is 5.33. The highest BCUT2D eigenvalue weighted by Crippen LogP contribution is 2.41. The van der Waals surface area contributed by atoms with Crippen molar-refractivity contribution >= 4 is 11.0 Å². The smallest absolute Gasteiger partial charge is 0.336 e. The van der Waals surface area contributed by atoms with Gasteiger partial charge in [-0.2, -0.15) is 0 Å². The standard InChI is InChI=1S/C14H15NO4/c1-14(2)13(17)11(15)10-8(19-14)5-3-7-4-6-9(16)18-12(7)10/h3-6,11,13,17H,15H2,1-2H3/t11-,13+/m0/s1. The molecule has 1 aliphatic heterocycles. The fraction of sp³-hybridized carbons (Fsp3) is 0.357. The van der Waals surface area contributed by atoms with Crippen LogP contribution in [0.2, 0.25) is 0 Å². The summed E-state index contributed by atoms with van der Waals surface area (Å²) in [5.74, 6) is 0.546. The quantitative estimate of drug-likeness (QED) is 0.699. The van der Waals surface area contributed by atoms with Gasteiger partial charge in [-0.05, 0) is 32.0 Å². The van der Waals surface area contributed by atoms with Gasteiger partial charge in [0, 0.05) is 11.5 Å². The van der Waals surface area contributed by atoms with E-state index in [1.54, 1.807) is 32.0 Å². The number of hydrogen-bond acceptors (Lipinski definition) is 5. The molecule has 5 heteroatoms. The van der Waals surface area contributed by atoms with E-state index in [0.717, 1.165) is 5.39 Å². The zero-order chi connectivity index (χ0) is 13.8. The van der Waals surface area contributed by atoms with Crippen molar-refractivity contribution in [3.8, 4) is 5.75 Å². The van der Waals surface area contributed by atoms with Crippen molar-refractivity contribution in [2.45, 2.75) is 31.6 Å². The van der Waals surface area contributed by atoms with E-state index in [1.165, 1.54) is 6.07 Å². The Morgan fingerprint density at radius 3 is 2.68 bits per heavy atom. The highest BCUT2D eigenvalue weighted by atomic mass is 16.5. The molecule has 5 nitrogen and oxygen atoms in total. The molecule has 0 amide bonds. The Hall–Kier alpha value is -1.85. The van der Waals surface area contributed by atoms with Crippen molar-refractivity contribution in [2.24, 2.45) is 5.73 Å². The van der Waals surface area contributed by atoms with Crippen LogP contribution >= 0.6 is 0 Å². The summed E-state index contributed by atoms with van der Waals surface area (Å²) in [6.07, 6.45) is -0.879. The zero-order valence-electron chi connectivity index (χ0n) is 10.7. The molecule has 0 saturated heterocycles. The molecule has 0 unspecified atom stereocenters. The van der Waals surface area contributed by atoms with E-state index in [0.29, 0.717) is 16.9 Å². The monoisotopic (exact) mass is 261 g/mol. The van der Waals surface area contributed by atoms with Gasteiger partial charge >= 0.3 is 5.63 Å². The van der Waals surface area contributed by atoms with E-state index in [-0.39, 0.29) is 0 Å². The van der Waals surface area contributed by atoms with Crippen LogP contribution in [-0.4, -0.2) is 16.8 Å². The maximum Gasteiger partial charge on any atom is 0.336 e. The van der Waals surface area contributed by atoms with Crippen LogP contribution < -0.4 is 16.1 Å². The minimum Gasteiger partial charge on any atom is -0.485 e. The largest absolute Gasteiger partial charge is 0.485 e. The Bertz CT molecular complexity index is 704. The zero-order valence-corrected chi connectivity index (χ0v) is 10.7. The molecule has 1 aromatic heterocycles. The van der Waals surface area contributed by atoms with E-state index in [1.807, 2.05) is 0 Å². The van der Waals surface area contributed by atoms with Gasteiger partial charge in [0.05, 0.1) is 11.6 Å². The second kappa shape index (κ2) is 3.82. The Kier molecular flexibility index (Phi) is 2.45. The lowest BCUT2D eigenvalue weighted by Crippen LogP contribution is -2.51. The van der Waals surface area contributed by atoms with Gasteiger partial charge in [-0.15, -0.1) is 0 Å². The highest BCUT2D eigenvalue weighted by Gasteiger charge is 2.42. The van der Waals surface area contributed by atoms with Crippen molar-refractivity contribution in [1.82, 2.24) is 0 Å². The normalized spacial score (nSPS) is 24.8. The van der Waals surface area contributed by atoms with Crippen LogP contribution in [-0.2, 0) is 0 Å². The van der Waals surface area contributed by atoms with Gasteiger partial charge in [0.1, 0.15) is 23.0 Å². The summed E-state index contributed by atoms with van der Waals surface area (Å²) in [7, 11) is 0. The molecule has 1 aromatic carbocycles. The molecule has 0 aliphatic carbocycles. The van der Waals surface area contributed by atoms with E-state index < -0.39 is 23.4 Å². The van der Waals surface area contributed by atoms with Crippen LogP contribution in [0, 0.1) is 0 Å². The Labute approximate surface area is 109 Å². The van der Waals surface area contributed by atoms with Gasteiger partial charge in [0.2, 0.25) is 0 Å². The fourth-order valence-electron chi connectivity index (χ4n) is 2.47. The van der Waals surface area contributed by atoms with Crippen molar-refractivity contribution in [3.63, 3.8) is 0 Å². The van der Waals surface area contributed by atoms with Crippen LogP contribution in [0.1, 0.15) is 25.5 Å². The number of rotatable bonds is 0. The molecule has 3 rings (SSSR count). The van der Waals surface area contributed by atoms with Gasteiger partial charge in [0.25, 0.3) is 0 Å². The molecule has 0 radical (unpaired) electrons. The first-order valence-corrected chi connectivity index (χ1v) is 6.09. The van der Waals surface area contributed by atoms with Gasteiger partial charge in [0.15, 0.2) is 0 Å². The summed E-state index contributed by atoms with van der Waals surface area (Å²) in [6.45, 7) is 3.54. The van der Waals surface area contributed by atoms with E-state index in [2.05, 4.69) is 0 Å². The number of nitrogens with two attached hydrogens (primary N) is 1. The molecule has 19 heavy (non-hydrogen) atoms. The Morgan fingerprint density at radius 2 is 1.95 bits per heavy atom. The van der Waals surface area contributed by atoms with Crippen molar-refractivity contribution < 1.29 is 14.3 Å². The first-order valence-electron chi connectivity index (χ1n) is 6.09. The molecule has 1 aliphatic rings. The minimum atomic E-state index is -0.879. The molecule has 0 fully saturated rings. The second-order valence-corrected chi connectivity index (χ2v) is 5.33. The summed E-state index contributed by atoms with van der Waals surface area (Å²) in [5, 5.41) is 11.0. The summed E-state index contributed by atoms with van der Waals surface area (Å²) < 4.78 is 11.0. The number of fused-ring (bicyclic) bond motifs is 3. The van der Waals surface area contributed by atoms with Gasteiger partial charge in [-0.3, -0.25) is 0 Å². The lowest BCUT2D eigenvalue weighted by atomic mass is 9.86. The van der Waals surface area contributed by atoms with E-state index in [4.69, 9.17) is 14.9 Å². The van der Waals surface area contributed by atoms with Gasteiger partial charge < -0.3 is 20.0 Å². The maximum atomic E-state index is 11.4. The first kappa shape index (κ1) is 12.2. The lowest BCUT2D eigenvalue weighted by molar-refractivity contribution is -0.0569. The van der Waals surface area contributed by atoms with Crippen LogP contribution in [0.15, 0.2) is 33.5 Å². The van der Waals surface area contributed by atoms with Crippen molar-refractivity contribution in [3.05, 3.63) is 40.2 Å². The predicted molar refractivity (Wildman–Crippen MR) is 70.1 cm³/mol. The number of benzene rings is 1. The highest BCUT2D eigenvalue weighted by molar-refractivity contribution is 5.83. The predicted octanol–water partition coefficient (Wildman–Crippen LogP) is 1.32. The molecule has 2 aromatic rings. The maximum absolute atomic E-state index is 11.4. The molecule has 0 spiro atoms. The Morgan fingerprint density at radius 1 is 1.26 bits per heavy atom. The average Bonchev–Trinajstić information content (AvgIpc) is 2.35. The van der Waals surface area contributed by atoms with Gasteiger partial charge in [-0.25, -0.2) is 4.79 Å².